The second-order valence-electron chi connectivity index (χ2n) is 6.38. The fourth-order valence-electron chi connectivity index (χ4n) is 2.63. The Morgan fingerprint density at radius 1 is 0.815 bits per heavy atom. The van der Waals surface area contributed by atoms with E-state index in [4.69, 9.17) is 9.47 Å². The number of rotatable bonds is 7. The number of aromatic nitrogens is 2. The molecule has 0 atom stereocenters. The monoisotopic (exact) mass is 364 g/mol. The summed E-state index contributed by atoms with van der Waals surface area (Å²) >= 11 is 0. The van der Waals surface area contributed by atoms with Crippen molar-refractivity contribution in [1.29, 1.82) is 0 Å². The molecule has 2 aromatic carbocycles. The van der Waals surface area contributed by atoms with Gasteiger partial charge in [0.1, 0.15) is 29.5 Å². The molecule has 0 bridgehead atoms. The summed E-state index contributed by atoms with van der Waals surface area (Å²) in [6.45, 7) is 4.36. The van der Waals surface area contributed by atoms with Gasteiger partial charge in [-0.2, -0.15) is 0 Å². The molecule has 0 aliphatic heterocycles. The third-order valence-electron chi connectivity index (χ3n) is 4.19. The Balaban J connectivity index is 1.76. The Morgan fingerprint density at radius 3 is 2.15 bits per heavy atom. The highest BCUT2D eigenvalue weighted by Crippen LogP contribution is 2.31. The molecule has 2 N–H and O–H groups in total. The molecule has 140 valence electrons. The third-order valence-corrected chi connectivity index (χ3v) is 4.19. The van der Waals surface area contributed by atoms with Crippen molar-refractivity contribution in [2.75, 3.05) is 24.9 Å². The summed E-state index contributed by atoms with van der Waals surface area (Å²) in [4.78, 5) is 8.57. The van der Waals surface area contributed by atoms with Gasteiger partial charge in [0.2, 0.25) is 0 Å². The van der Waals surface area contributed by atoms with Gasteiger partial charge < -0.3 is 20.1 Å². The van der Waals surface area contributed by atoms with Crippen molar-refractivity contribution in [2.45, 2.75) is 19.8 Å². The normalized spacial score (nSPS) is 10.6. The van der Waals surface area contributed by atoms with Crippen molar-refractivity contribution in [1.82, 2.24) is 9.97 Å². The van der Waals surface area contributed by atoms with E-state index in [1.165, 1.54) is 11.9 Å². The van der Waals surface area contributed by atoms with Crippen LogP contribution in [0.25, 0.3) is 0 Å². The average molecular weight is 364 g/mol. The molecule has 0 fully saturated rings. The Morgan fingerprint density at radius 2 is 1.52 bits per heavy atom. The van der Waals surface area contributed by atoms with Crippen molar-refractivity contribution in [3.8, 4) is 11.5 Å². The topological polar surface area (TPSA) is 68.3 Å². The van der Waals surface area contributed by atoms with E-state index in [9.17, 15) is 0 Å². The molecule has 0 spiro atoms. The standard InChI is InChI=1S/C21H24N4O2/c1-14(2)15-5-7-16(8-6-15)24-20-12-21(23-13-22-20)25-18-10-9-17(26-3)11-19(18)27-4/h5-14H,1-4H3,(H2,22,23,24,25). The van der Waals surface area contributed by atoms with Crippen LogP contribution in [-0.4, -0.2) is 24.2 Å². The number of hydrogen-bond acceptors (Lipinski definition) is 6. The Kier molecular flexibility index (Phi) is 5.76. The minimum atomic E-state index is 0.508. The van der Waals surface area contributed by atoms with Gasteiger partial charge >= 0.3 is 0 Å². The SMILES string of the molecule is COc1ccc(Nc2cc(Nc3ccc(C(C)C)cc3)ncn2)c(OC)c1. The lowest BCUT2D eigenvalue weighted by atomic mass is 10.0. The number of hydrogen-bond donors (Lipinski definition) is 2. The predicted molar refractivity (Wildman–Crippen MR) is 109 cm³/mol. The van der Waals surface area contributed by atoms with Crippen molar-refractivity contribution >= 4 is 23.0 Å². The molecule has 3 aromatic rings. The van der Waals surface area contributed by atoms with E-state index in [0.717, 1.165) is 17.1 Å². The Hall–Kier alpha value is -3.28. The first-order valence-corrected chi connectivity index (χ1v) is 8.77. The molecule has 0 unspecified atom stereocenters. The van der Waals surface area contributed by atoms with Crippen LogP contribution in [0.15, 0.2) is 54.9 Å². The molecular weight excluding hydrogens is 340 g/mol. The third kappa shape index (κ3) is 4.67. The lowest BCUT2D eigenvalue weighted by Crippen LogP contribution is -2.00. The maximum absolute atomic E-state index is 5.41. The van der Waals surface area contributed by atoms with E-state index in [-0.39, 0.29) is 0 Å². The number of benzene rings is 2. The second-order valence-corrected chi connectivity index (χ2v) is 6.38. The number of anilines is 4. The van der Waals surface area contributed by atoms with Crippen LogP contribution in [0.4, 0.5) is 23.0 Å². The number of methoxy groups -OCH3 is 2. The zero-order valence-electron chi connectivity index (χ0n) is 16.0. The second kappa shape index (κ2) is 8.40. The fraction of sp³-hybridized carbons (Fsp3) is 0.238. The highest BCUT2D eigenvalue weighted by atomic mass is 16.5. The van der Waals surface area contributed by atoms with Crippen LogP contribution in [0, 0.1) is 0 Å². The number of ether oxygens (including phenoxy) is 2. The van der Waals surface area contributed by atoms with E-state index in [1.54, 1.807) is 14.2 Å². The minimum absolute atomic E-state index is 0.508. The van der Waals surface area contributed by atoms with Crippen LogP contribution in [0.1, 0.15) is 25.3 Å². The summed E-state index contributed by atoms with van der Waals surface area (Å²) in [5, 5.41) is 6.55. The van der Waals surface area contributed by atoms with Crippen LogP contribution >= 0.6 is 0 Å². The van der Waals surface area contributed by atoms with Gasteiger partial charge in [-0.1, -0.05) is 26.0 Å². The summed E-state index contributed by atoms with van der Waals surface area (Å²) < 4.78 is 10.6. The van der Waals surface area contributed by atoms with Crippen LogP contribution in [-0.2, 0) is 0 Å². The average Bonchev–Trinajstić information content (AvgIpc) is 2.69. The molecule has 27 heavy (non-hydrogen) atoms. The fourth-order valence-corrected chi connectivity index (χ4v) is 2.63. The maximum atomic E-state index is 5.41. The molecule has 0 saturated heterocycles. The molecule has 6 nitrogen and oxygen atoms in total. The van der Waals surface area contributed by atoms with Gasteiger partial charge in [0.15, 0.2) is 0 Å². The zero-order valence-corrected chi connectivity index (χ0v) is 16.0. The summed E-state index contributed by atoms with van der Waals surface area (Å²) in [6, 6.07) is 15.8. The van der Waals surface area contributed by atoms with E-state index < -0.39 is 0 Å². The largest absolute Gasteiger partial charge is 0.497 e. The van der Waals surface area contributed by atoms with Crippen molar-refractivity contribution < 1.29 is 9.47 Å². The van der Waals surface area contributed by atoms with Gasteiger partial charge in [-0.15, -0.1) is 0 Å². The lowest BCUT2D eigenvalue weighted by molar-refractivity contribution is 0.395. The number of nitrogens with one attached hydrogen (secondary N) is 2. The van der Waals surface area contributed by atoms with Crippen LogP contribution < -0.4 is 20.1 Å². The van der Waals surface area contributed by atoms with E-state index in [1.807, 2.05) is 24.3 Å². The van der Waals surface area contributed by atoms with Crippen molar-refractivity contribution in [3.05, 3.63) is 60.4 Å². The van der Waals surface area contributed by atoms with Crippen LogP contribution in [0.2, 0.25) is 0 Å². The van der Waals surface area contributed by atoms with Crippen LogP contribution in [0.3, 0.4) is 0 Å². The van der Waals surface area contributed by atoms with E-state index >= 15 is 0 Å². The summed E-state index contributed by atoms with van der Waals surface area (Å²) in [7, 11) is 3.24. The Labute approximate surface area is 159 Å². The summed E-state index contributed by atoms with van der Waals surface area (Å²) in [5.74, 6) is 3.28. The molecule has 0 aliphatic rings. The van der Waals surface area contributed by atoms with Gasteiger partial charge in [0.25, 0.3) is 0 Å². The number of nitrogens with zero attached hydrogens (tertiary/aromatic N) is 2. The minimum Gasteiger partial charge on any atom is -0.497 e. The molecular formula is C21H24N4O2. The van der Waals surface area contributed by atoms with Gasteiger partial charge in [0, 0.05) is 17.8 Å². The highest BCUT2D eigenvalue weighted by molar-refractivity contribution is 5.68. The molecule has 0 aliphatic carbocycles. The first-order valence-electron chi connectivity index (χ1n) is 8.77. The van der Waals surface area contributed by atoms with E-state index in [0.29, 0.717) is 23.3 Å². The highest BCUT2D eigenvalue weighted by Gasteiger charge is 2.07. The lowest BCUT2D eigenvalue weighted by Gasteiger charge is -2.13. The van der Waals surface area contributed by atoms with E-state index in [2.05, 4.69) is 58.7 Å². The van der Waals surface area contributed by atoms with Crippen molar-refractivity contribution in [3.63, 3.8) is 0 Å². The maximum Gasteiger partial charge on any atom is 0.146 e. The first-order chi connectivity index (χ1) is 13.1. The molecule has 6 heteroatoms. The smallest absolute Gasteiger partial charge is 0.146 e. The molecule has 0 amide bonds. The van der Waals surface area contributed by atoms with Gasteiger partial charge in [-0.25, -0.2) is 9.97 Å². The van der Waals surface area contributed by atoms with Gasteiger partial charge in [-0.3, -0.25) is 0 Å². The molecule has 3 rings (SSSR count). The van der Waals surface area contributed by atoms with Crippen molar-refractivity contribution in [2.24, 2.45) is 0 Å². The van der Waals surface area contributed by atoms with Crippen LogP contribution in [0.5, 0.6) is 11.5 Å². The van der Waals surface area contributed by atoms with Gasteiger partial charge in [-0.05, 0) is 35.7 Å². The van der Waals surface area contributed by atoms with Gasteiger partial charge in [0.05, 0.1) is 19.9 Å². The molecule has 1 aromatic heterocycles. The molecule has 0 saturated carbocycles. The predicted octanol–water partition coefficient (Wildman–Crippen LogP) is 5.10. The molecule has 0 radical (unpaired) electrons. The first kappa shape index (κ1) is 18.5. The summed E-state index contributed by atoms with van der Waals surface area (Å²) in [6.07, 6.45) is 1.52. The Bertz CT molecular complexity index is 895. The quantitative estimate of drug-likeness (QED) is 0.607. The summed E-state index contributed by atoms with van der Waals surface area (Å²) in [5.41, 5.74) is 3.08. The zero-order chi connectivity index (χ0) is 19.2. The molecule has 1 heterocycles.